The van der Waals surface area contributed by atoms with Gasteiger partial charge in [0.1, 0.15) is 0 Å². The number of benzene rings is 2. The normalized spacial score (nSPS) is 13.2. The maximum absolute atomic E-state index is 12.0. The molecule has 0 bridgehead atoms. The molecule has 0 saturated carbocycles. The molecular formula is C14H7BrO2. The molecule has 2 nitrogen and oxygen atoms in total. The lowest BCUT2D eigenvalue weighted by atomic mass is 9.84. The first kappa shape index (κ1) is 10.4. The van der Waals surface area contributed by atoms with Crippen molar-refractivity contribution in [1.82, 2.24) is 0 Å². The van der Waals surface area contributed by atoms with Crippen molar-refractivity contribution in [2.24, 2.45) is 0 Å². The smallest absolute Gasteiger partial charge is 0.235 e. The first-order chi connectivity index (χ1) is 8.20. The number of Topliss-reactive ketones (excluding diaryl/α,β-unsaturated/α-hetero) is 2. The molecule has 0 atom stereocenters. The van der Waals surface area contributed by atoms with E-state index in [1.54, 1.807) is 18.2 Å². The van der Waals surface area contributed by atoms with E-state index in [4.69, 9.17) is 0 Å². The fourth-order valence-corrected chi connectivity index (χ4v) is 2.68. The van der Waals surface area contributed by atoms with Crippen LogP contribution in [0, 0.1) is 0 Å². The summed E-state index contributed by atoms with van der Waals surface area (Å²) in [5, 5.41) is 0. The van der Waals surface area contributed by atoms with Crippen LogP contribution in [-0.4, -0.2) is 11.6 Å². The number of hydrogen-bond acceptors (Lipinski definition) is 2. The van der Waals surface area contributed by atoms with Crippen molar-refractivity contribution in [2.45, 2.75) is 0 Å². The molecule has 0 unspecified atom stereocenters. The molecular weight excluding hydrogens is 280 g/mol. The van der Waals surface area contributed by atoms with Gasteiger partial charge in [-0.1, -0.05) is 52.3 Å². The predicted molar refractivity (Wildman–Crippen MR) is 68.2 cm³/mol. The van der Waals surface area contributed by atoms with Crippen LogP contribution in [0.5, 0.6) is 0 Å². The molecule has 3 rings (SSSR count). The van der Waals surface area contributed by atoms with Crippen LogP contribution in [0.3, 0.4) is 0 Å². The van der Waals surface area contributed by atoms with Crippen molar-refractivity contribution in [2.75, 3.05) is 0 Å². The highest BCUT2D eigenvalue weighted by atomic mass is 79.9. The zero-order valence-electron chi connectivity index (χ0n) is 8.74. The maximum atomic E-state index is 12.0. The molecule has 1 aliphatic rings. The van der Waals surface area contributed by atoms with Gasteiger partial charge in [0, 0.05) is 15.6 Å². The summed E-state index contributed by atoms with van der Waals surface area (Å²) in [5.74, 6) is -0.869. The van der Waals surface area contributed by atoms with Gasteiger partial charge in [-0.3, -0.25) is 9.59 Å². The number of halogens is 1. The Hall–Kier alpha value is -1.74. The van der Waals surface area contributed by atoms with Crippen molar-refractivity contribution < 1.29 is 9.59 Å². The third kappa shape index (κ3) is 1.39. The van der Waals surface area contributed by atoms with Crippen LogP contribution < -0.4 is 0 Å². The van der Waals surface area contributed by atoms with Crippen molar-refractivity contribution in [1.29, 1.82) is 0 Å². The van der Waals surface area contributed by atoms with Crippen molar-refractivity contribution >= 4 is 27.5 Å². The van der Waals surface area contributed by atoms with Gasteiger partial charge in [-0.15, -0.1) is 0 Å². The molecule has 2 aromatic carbocycles. The van der Waals surface area contributed by atoms with Gasteiger partial charge in [-0.2, -0.15) is 0 Å². The molecule has 3 heteroatoms. The highest BCUT2D eigenvalue weighted by Gasteiger charge is 2.31. The summed E-state index contributed by atoms with van der Waals surface area (Å²) in [7, 11) is 0. The number of carbonyl (C=O) groups is 2. The first-order valence-corrected chi connectivity index (χ1v) is 5.96. The standard InChI is InChI=1S/C14H7BrO2/c15-11-7-3-6-9-8-4-1-2-5-10(8)13(16)14(17)12(9)11/h1-7H. The highest BCUT2D eigenvalue weighted by molar-refractivity contribution is 9.10. The molecule has 0 amide bonds. The summed E-state index contributed by atoms with van der Waals surface area (Å²) in [6.07, 6.45) is 0. The second kappa shape index (κ2) is 3.64. The number of rotatable bonds is 0. The van der Waals surface area contributed by atoms with E-state index in [9.17, 15) is 9.59 Å². The number of ketones is 2. The fraction of sp³-hybridized carbons (Fsp3) is 0. The Kier molecular flexibility index (Phi) is 2.23. The van der Waals surface area contributed by atoms with E-state index < -0.39 is 11.6 Å². The summed E-state index contributed by atoms with van der Waals surface area (Å²) in [6, 6.07) is 12.7. The van der Waals surface area contributed by atoms with Crippen LogP contribution in [-0.2, 0) is 0 Å². The van der Waals surface area contributed by atoms with Gasteiger partial charge in [0.15, 0.2) is 0 Å². The summed E-state index contributed by atoms with van der Waals surface area (Å²) in [5.41, 5.74) is 2.60. The lowest BCUT2D eigenvalue weighted by Crippen LogP contribution is -2.21. The third-order valence-corrected chi connectivity index (χ3v) is 3.57. The van der Waals surface area contributed by atoms with Gasteiger partial charge in [0.05, 0.1) is 0 Å². The molecule has 0 aliphatic heterocycles. The molecule has 17 heavy (non-hydrogen) atoms. The van der Waals surface area contributed by atoms with Crippen LogP contribution >= 0.6 is 15.9 Å². The Morgan fingerprint density at radius 1 is 0.706 bits per heavy atom. The van der Waals surface area contributed by atoms with Crippen LogP contribution in [0.2, 0.25) is 0 Å². The molecule has 1 aliphatic carbocycles. The summed E-state index contributed by atoms with van der Waals surface area (Å²) >= 11 is 3.33. The van der Waals surface area contributed by atoms with E-state index >= 15 is 0 Å². The van der Waals surface area contributed by atoms with Crippen LogP contribution in [0.15, 0.2) is 46.9 Å². The Balaban J connectivity index is 2.44. The van der Waals surface area contributed by atoms with Gasteiger partial charge in [0.2, 0.25) is 11.6 Å². The van der Waals surface area contributed by atoms with E-state index in [2.05, 4.69) is 15.9 Å². The Morgan fingerprint density at radius 3 is 2.12 bits per heavy atom. The summed E-state index contributed by atoms with van der Waals surface area (Å²) in [6.45, 7) is 0. The predicted octanol–water partition coefficient (Wildman–Crippen LogP) is 3.50. The number of fused-ring (bicyclic) bond motifs is 3. The molecule has 82 valence electrons. The Morgan fingerprint density at radius 2 is 1.35 bits per heavy atom. The minimum Gasteiger partial charge on any atom is -0.285 e. The molecule has 0 radical (unpaired) electrons. The average Bonchev–Trinajstić information content (AvgIpc) is 2.36. The van der Waals surface area contributed by atoms with Crippen molar-refractivity contribution in [3.63, 3.8) is 0 Å². The van der Waals surface area contributed by atoms with Crippen LogP contribution in [0.4, 0.5) is 0 Å². The molecule has 0 spiro atoms. The summed E-state index contributed by atoms with van der Waals surface area (Å²) in [4.78, 5) is 24.0. The monoisotopic (exact) mass is 286 g/mol. The third-order valence-electron chi connectivity index (χ3n) is 2.91. The first-order valence-electron chi connectivity index (χ1n) is 5.17. The second-order valence-electron chi connectivity index (χ2n) is 3.87. The molecule has 0 fully saturated rings. The van der Waals surface area contributed by atoms with E-state index in [1.807, 2.05) is 24.3 Å². The maximum Gasteiger partial charge on any atom is 0.235 e. The summed E-state index contributed by atoms with van der Waals surface area (Å²) < 4.78 is 0.669. The fourth-order valence-electron chi connectivity index (χ4n) is 2.13. The second-order valence-corrected chi connectivity index (χ2v) is 4.72. The lowest BCUT2D eigenvalue weighted by molar-refractivity contribution is 0.0815. The molecule has 0 aromatic heterocycles. The van der Waals surface area contributed by atoms with Crippen molar-refractivity contribution in [3.8, 4) is 11.1 Å². The topological polar surface area (TPSA) is 34.1 Å². The van der Waals surface area contributed by atoms with Gasteiger partial charge in [-0.25, -0.2) is 0 Å². The van der Waals surface area contributed by atoms with E-state index in [0.29, 0.717) is 15.6 Å². The minimum atomic E-state index is -0.439. The average molecular weight is 287 g/mol. The van der Waals surface area contributed by atoms with E-state index in [1.165, 1.54) is 0 Å². The van der Waals surface area contributed by atoms with E-state index in [0.717, 1.165) is 11.1 Å². The quantitative estimate of drug-likeness (QED) is 0.695. The van der Waals surface area contributed by atoms with Crippen molar-refractivity contribution in [3.05, 3.63) is 58.1 Å². The minimum absolute atomic E-state index is 0.431. The van der Waals surface area contributed by atoms with Gasteiger partial charge < -0.3 is 0 Å². The largest absolute Gasteiger partial charge is 0.285 e. The van der Waals surface area contributed by atoms with Crippen LogP contribution in [0.25, 0.3) is 11.1 Å². The Bertz CT molecular complexity index is 659. The zero-order valence-corrected chi connectivity index (χ0v) is 10.3. The number of carbonyl (C=O) groups excluding carboxylic acids is 2. The zero-order chi connectivity index (χ0) is 12.0. The van der Waals surface area contributed by atoms with Gasteiger partial charge in [-0.05, 0) is 17.2 Å². The highest BCUT2D eigenvalue weighted by Crippen LogP contribution is 2.36. The molecule has 2 aromatic rings. The molecule has 0 heterocycles. The van der Waals surface area contributed by atoms with Gasteiger partial charge in [0.25, 0.3) is 0 Å². The van der Waals surface area contributed by atoms with E-state index in [-0.39, 0.29) is 0 Å². The Labute approximate surface area is 106 Å². The van der Waals surface area contributed by atoms with Crippen LogP contribution in [0.1, 0.15) is 20.7 Å². The van der Waals surface area contributed by atoms with Gasteiger partial charge >= 0.3 is 0 Å². The molecule has 0 saturated heterocycles. The lowest BCUT2D eigenvalue weighted by Gasteiger charge is -2.18. The molecule has 0 N–H and O–H groups in total. The number of hydrogen-bond donors (Lipinski definition) is 0. The SMILES string of the molecule is O=C1C(=O)c2c(Br)cccc2-c2ccccc21.